The van der Waals surface area contributed by atoms with Gasteiger partial charge in [-0.05, 0) is 34.1 Å². The number of hydrogen-bond donors (Lipinski definition) is 3. The maximum absolute atomic E-state index is 12.1. The first-order chi connectivity index (χ1) is 11.7. The number of amides is 2. The van der Waals surface area contributed by atoms with Crippen LogP contribution in [0, 0.1) is 10.1 Å². The number of carbonyl (C=O) groups excluding carboxylic acids is 1. The summed E-state index contributed by atoms with van der Waals surface area (Å²) in [6.45, 7) is 0. The van der Waals surface area contributed by atoms with Gasteiger partial charge in [-0.15, -0.1) is 0 Å². The lowest BCUT2D eigenvalue weighted by Gasteiger charge is -2.13. The summed E-state index contributed by atoms with van der Waals surface area (Å²) in [7, 11) is -3.70. The van der Waals surface area contributed by atoms with E-state index in [0.29, 0.717) is 10.2 Å². The number of non-ortho nitro benzene ring substituents is 1. The minimum atomic E-state index is -3.70. The Hall–Kier alpha value is -2.66. The van der Waals surface area contributed by atoms with E-state index >= 15 is 0 Å². The van der Waals surface area contributed by atoms with Gasteiger partial charge in [0.15, 0.2) is 0 Å². The van der Waals surface area contributed by atoms with Crippen LogP contribution in [0.4, 0.5) is 27.5 Å². The number of nitro benzene ring substituents is 1. The number of hydrogen-bond acceptors (Lipinski definition) is 5. The highest BCUT2D eigenvalue weighted by atomic mass is 79.9. The molecule has 2 rings (SSSR count). The number of benzene rings is 2. The van der Waals surface area contributed by atoms with Crippen LogP contribution >= 0.6 is 15.9 Å². The molecule has 0 aliphatic heterocycles. The zero-order chi connectivity index (χ0) is 18.6. The van der Waals surface area contributed by atoms with Crippen molar-refractivity contribution in [1.29, 1.82) is 0 Å². The molecule has 2 aromatic rings. The van der Waals surface area contributed by atoms with Gasteiger partial charge >= 0.3 is 6.03 Å². The molecule has 0 heterocycles. The van der Waals surface area contributed by atoms with E-state index in [9.17, 15) is 23.3 Å². The third-order valence-corrected chi connectivity index (χ3v) is 4.16. The van der Waals surface area contributed by atoms with Crippen LogP contribution in [-0.4, -0.2) is 25.6 Å². The van der Waals surface area contributed by atoms with Gasteiger partial charge in [-0.2, -0.15) is 0 Å². The molecular formula is C14H13BrN4O5S. The summed E-state index contributed by atoms with van der Waals surface area (Å²) in [5.74, 6) is 0. The molecule has 0 atom stereocenters. The normalized spacial score (nSPS) is 10.8. The minimum absolute atomic E-state index is 0.0700. The maximum Gasteiger partial charge on any atom is 0.323 e. The number of nitrogens with zero attached hydrogens (tertiary/aromatic N) is 1. The van der Waals surface area contributed by atoms with Crippen LogP contribution in [0.5, 0.6) is 0 Å². The SMILES string of the molecule is CS(=O)(=O)Nc1cc([N+](=O)[O-])ccc1NC(=O)Nc1ccccc1Br. The number of para-hydroxylation sites is 1. The number of anilines is 3. The number of carbonyl (C=O) groups is 1. The van der Waals surface area contributed by atoms with Gasteiger partial charge < -0.3 is 10.6 Å². The van der Waals surface area contributed by atoms with Gasteiger partial charge in [-0.3, -0.25) is 14.8 Å². The summed E-state index contributed by atoms with van der Waals surface area (Å²) in [6, 6.07) is 9.67. The van der Waals surface area contributed by atoms with E-state index in [4.69, 9.17) is 0 Å². The Morgan fingerprint density at radius 3 is 2.32 bits per heavy atom. The summed E-state index contributed by atoms with van der Waals surface area (Å²) in [5.41, 5.74) is 0.141. The van der Waals surface area contributed by atoms with E-state index in [1.54, 1.807) is 24.3 Å². The van der Waals surface area contributed by atoms with Crippen molar-refractivity contribution in [3.05, 3.63) is 57.1 Å². The van der Waals surface area contributed by atoms with Gasteiger partial charge in [-0.1, -0.05) is 12.1 Å². The van der Waals surface area contributed by atoms with Gasteiger partial charge in [0.05, 0.1) is 28.2 Å². The standard InChI is InChI=1S/C14H13BrN4O5S/c1-25(23,24)18-13-8-9(19(21)22)6-7-12(13)17-14(20)16-11-5-3-2-4-10(11)15/h2-8,18H,1H3,(H2,16,17,20). The molecule has 2 aromatic carbocycles. The molecular weight excluding hydrogens is 416 g/mol. The lowest BCUT2D eigenvalue weighted by molar-refractivity contribution is -0.384. The third kappa shape index (κ3) is 5.43. The van der Waals surface area contributed by atoms with Crippen molar-refractivity contribution < 1.29 is 18.1 Å². The summed E-state index contributed by atoms with van der Waals surface area (Å²) in [4.78, 5) is 22.3. The number of halogens is 1. The molecule has 0 saturated heterocycles. The lowest BCUT2D eigenvalue weighted by Crippen LogP contribution is -2.21. The highest BCUT2D eigenvalue weighted by Gasteiger charge is 2.16. The monoisotopic (exact) mass is 428 g/mol. The van der Waals surface area contributed by atoms with Crippen molar-refractivity contribution in [3.63, 3.8) is 0 Å². The molecule has 9 nitrogen and oxygen atoms in total. The van der Waals surface area contributed by atoms with Crippen LogP contribution < -0.4 is 15.4 Å². The number of nitrogens with one attached hydrogen (secondary N) is 3. The Balaban J connectivity index is 2.27. The molecule has 0 aromatic heterocycles. The Morgan fingerprint density at radius 1 is 1.08 bits per heavy atom. The minimum Gasteiger partial charge on any atom is -0.307 e. The van der Waals surface area contributed by atoms with E-state index in [0.717, 1.165) is 18.4 Å². The number of urea groups is 1. The first-order valence-corrected chi connectivity index (χ1v) is 9.43. The molecule has 0 bridgehead atoms. The van der Waals surface area contributed by atoms with Crippen LogP contribution in [-0.2, 0) is 10.0 Å². The van der Waals surface area contributed by atoms with E-state index in [1.165, 1.54) is 6.07 Å². The largest absolute Gasteiger partial charge is 0.323 e. The molecule has 2 amide bonds. The Kier molecular flexibility index (Phi) is 5.59. The van der Waals surface area contributed by atoms with Crippen LogP contribution in [0.2, 0.25) is 0 Å². The van der Waals surface area contributed by atoms with E-state index in [2.05, 4.69) is 31.3 Å². The van der Waals surface area contributed by atoms with Crippen molar-refractivity contribution in [3.8, 4) is 0 Å². The van der Waals surface area contributed by atoms with E-state index in [-0.39, 0.29) is 17.1 Å². The average Bonchev–Trinajstić information content (AvgIpc) is 2.49. The highest BCUT2D eigenvalue weighted by Crippen LogP contribution is 2.28. The van der Waals surface area contributed by atoms with Gasteiger partial charge in [0.25, 0.3) is 5.69 Å². The molecule has 0 radical (unpaired) electrons. The van der Waals surface area contributed by atoms with Crippen LogP contribution in [0.15, 0.2) is 46.9 Å². The molecule has 132 valence electrons. The van der Waals surface area contributed by atoms with Gasteiger partial charge in [-0.25, -0.2) is 13.2 Å². The second kappa shape index (κ2) is 7.49. The summed E-state index contributed by atoms with van der Waals surface area (Å²) in [6.07, 6.45) is 0.900. The third-order valence-electron chi connectivity index (χ3n) is 2.88. The summed E-state index contributed by atoms with van der Waals surface area (Å²) in [5, 5.41) is 15.9. The van der Waals surface area contributed by atoms with Crippen molar-refractivity contribution in [2.75, 3.05) is 21.6 Å². The predicted molar refractivity (Wildman–Crippen MR) is 98.3 cm³/mol. The second-order valence-electron chi connectivity index (χ2n) is 4.92. The smallest absolute Gasteiger partial charge is 0.307 e. The molecule has 0 aliphatic carbocycles. The molecule has 0 unspecified atom stereocenters. The molecule has 11 heteroatoms. The van der Waals surface area contributed by atoms with Gasteiger partial charge in [0, 0.05) is 16.6 Å². The average molecular weight is 429 g/mol. The molecule has 0 fully saturated rings. The molecule has 25 heavy (non-hydrogen) atoms. The molecule has 0 aliphatic rings. The fourth-order valence-corrected chi connectivity index (χ4v) is 2.83. The number of nitro groups is 1. The fourth-order valence-electron chi connectivity index (χ4n) is 1.88. The van der Waals surface area contributed by atoms with Crippen LogP contribution in [0.3, 0.4) is 0 Å². The zero-order valence-electron chi connectivity index (χ0n) is 12.8. The van der Waals surface area contributed by atoms with Gasteiger partial charge in [0.2, 0.25) is 10.0 Å². The summed E-state index contributed by atoms with van der Waals surface area (Å²) < 4.78 is 25.7. The van der Waals surface area contributed by atoms with Crippen LogP contribution in [0.1, 0.15) is 0 Å². The number of rotatable bonds is 5. The fraction of sp³-hybridized carbons (Fsp3) is 0.0714. The van der Waals surface area contributed by atoms with Gasteiger partial charge in [0.1, 0.15) is 0 Å². The second-order valence-corrected chi connectivity index (χ2v) is 7.52. The topological polar surface area (TPSA) is 130 Å². The highest BCUT2D eigenvalue weighted by molar-refractivity contribution is 9.10. The van der Waals surface area contributed by atoms with E-state index < -0.39 is 21.0 Å². The molecule has 0 saturated carbocycles. The summed E-state index contributed by atoms with van der Waals surface area (Å²) >= 11 is 3.28. The lowest BCUT2D eigenvalue weighted by atomic mass is 10.2. The van der Waals surface area contributed by atoms with E-state index in [1.807, 2.05) is 0 Å². The first kappa shape index (κ1) is 18.7. The van der Waals surface area contributed by atoms with Crippen molar-refractivity contribution in [2.45, 2.75) is 0 Å². The Bertz CT molecular complexity index is 933. The number of sulfonamides is 1. The predicted octanol–water partition coefficient (Wildman–Crippen LogP) is 3.37. The van der Waals surface area contributed by atoms with Crippen molar-refractivity contribution in [1.82, 2.24) is 0 Å². The Morgan fingerprint density at radius 2 is 1.72 bits per heavy atom. The Labute approximate surface area is 151 Å². The first-order valence-electron chi connectivity index (χ1n) is 6.74. The quantitative estimate of drug-likeness (QED) is 0.496. The van der Waals surface area contributed by atoms with Crippen molar-refractivity contribution >= 4 is 54.7 Å². The molecule has 0 spiro atoms. The maximum atomic E-state index is 12.1. The van der Waals surface area contributed by atoms with Crippen molar-refractivity contribution in [2.24, 2.45) is 0 Å². The van der Waals surface area contributed by atoms with Crippen LogP contribution in [0.25, 0.3) is 0 Å². The zero-order valence-corrected chi connectivity index (χ0v) is 15.2. The molecule has 3 N–H and O–H groups in total.